The van der Waals surface area contributed by atoms with E-state index in [1.165, 1.54) is 76.9 Å². The fraction of sp³-hybridized carbons (Fsp3) is 0.278. The van der Waals surface area contributed by atoms with Crippen LogP contribution in [0, 0.1) is 45.3 Å². The summed E-state index contributed by atoms with van der Waals surface area (Å²) < 4.78 is 12.5. The zero-order valence-corrected chi connectivity index (χ0v) is 31.6. The Kier molecular flexibility index (Phi) is 8.16. The molecule has 0 aromatic carbocycles. The van der Waals surface area contributed by atoms with Crippen molar-refractivity contribution < 1.29 is 0 Å². The molecule has 2 aliphatic rings. The first-order valence-corrected chi connectivity index (χ1v) is 20.9. The summed E-state index contributed by atoms with van der Waals surface area (Å²) in [5.41, 5.74) is 1.91. The van der Waals surface area contributed by atoms with Crippen molar-refractivity contribution in [3.05, 3.63) is 66.1 Å². The topological polar surface area (TPSA) is 139 Å². The Hall–Kier alpha value is -4.38. The highest BCUT2D eigenvalue weighted by Gasteiger charge is 2.44. The van der Waals surface area contributed by atoms with E-state index in [0.717, 1.165) is 36.1 Å². The van der Waals surface area contributed by atoms with E-state index in [-0.39, 0.29) is 27.7 Å². The molecule has 0 bridgehead atoms. The van der Waals surface area contributed by atoms with Crippen LogP contribution < -0.4 is 29.5 Å². The summed E-state index contributed by atoms with van der Waals surface area (Å²) >= 11 is 9.54. The summed E-state index contributed by atoms with van der Waals surface area (Å²) in [7, 11) is 0. The molecule has 0 saturated heterocycles. The van der Waals surface area contributed by atoms with Gasteiger partial charge in [-0.2, -0.15) is 21.0 Å². The molecule has 0 radical (unpaired) electrons. The molecule has 0 unspecified atom stereocenters. The molecule has 6 heterocycles. The number of nitrogens with zero attached hydrogens (tertiary/aromatic N) is 6. The van der Waals surface area contributed by atoms with Crippen LogP contribution in [0.15, 0.2) is 21.2 Å². The Balaban J connectivity index is 1.28. The lowest BCUT2D eigenvalue weighted by Gasteiger charge is -2.36. The summed E-state index contributed by atoms with van der Waals surface area (Å²) in [6, 6.07) is 9.90. The second-order valence-electron chi connectivity index (χ2n) is 12.1. The number of nitriles is 4. The quantitative estimate of drug-likeness (QED) is 0.210. The van der Waals surface area contributed by atoms with Gasteiger partial charge in [-0.1, -0.05) is 19.3 Å². The predicted molar refractivity (Wildman–Crippen MR) is 208 cm³/mol. The van der Waals surface area contributed by atoms with Crippen molar-refractivity contribution in [3.8, 4) is 24.3 Å². The van der Waals surface area contributed by atoms with E-state index < -0.39 is 0 Å². The summed E-state index contributed by atoms with van der Waals surface area (Å²) in [5, 5.41) is 37.9. The number of rotatable bonds is 4. The second kappa shape index (κ2) is 12.4. The molecule has 1 saturated carbocycles. The van der Waals surface area contributed by atoms with E-state index in [0.29, 0.717) is 31.5 Å². The van der Waals surface area contributed by atoms with Gasteiger partial charge in [0.2, 0.25) is 0 Å². The Morgan fingerprint density at radius 2 is 1.28 bits per heavy atom. The average Bonchev–Trinajstić information content (AvgIpc) is 3.97. The van der Waals surface area contributed by atoms with Crippen LogP contribution in [-0.2, 0) is 18.5 Å². The van der Waals surface area contributed by atoms with Crippen molar-refractivity contribution >= 4 is 126 Å². The normalized spacial score (nSPS) is 15.8. The lowest BCUT2D eigenvalue weighted by molar-refractivity contribution is 0.356. The van der Waals surface area contributed by atoms with Crippen LogP contribution in [0.3, 0.4) is 0 Å². The van der Waals surface area contributed by atoms with Crippen molar-refractivity contribution in [1.82, 2.24) is 9.13 Å². The molecule has 0 aliphatic heterocycles. The third-order valence-corrected chi connectivity index (χ3v) is 17.1. The molecule has 14 heteroatoms. The first-order chi connectivity index (χ1) is 24.3. The van der Waals surface area contributed by atoms with Crippen LogP contribution in [0.4, 0.5) is 0 Å². The van der Waals surface area contributed by atoms with Gasteiger partial charge in [-0.25, -0.2) is 0 Å². The zero-order chi connectivity index (χ0) is 34.9. The van der Waals surface area contributed by atoms with Crippen LogP contribution in [0.25, 0.3) is 57.6 Å². The zero-order valence-electron chi connectivity index (χ0n) is 26.7. The minimum atomic E-state index is -0.191. The van der Waals surface area contributed by atoms with Crippen molar-refractivity contribution in [2.45, 2.75) is 64.5 Å². The monoisotopic (exact) mass is 764 g/mol. The van der Waals surface area contributed by atoms with Gasteiger partial charge in [0.15, 0.2) is 11.1 Å². The number of allylic oxidation sites excluding steroid dienone is 1. The number of hydrogen-bond acceptors (Lipinski definition) is 12. The van der Waals surface area contributed by atoms with Crippen LogP contribution in [-0.4, -0.2) is 9.13 Å². The third-order valence-electron chi connectivity index (χ3n) is 9.55. The molecule has 50 heavy (non-hydrogen) atoms. The minimum Gasteiger partial charge on any atom is -0.298 e. The fourth-order valence-electron chi connectivity index (χ4n) is 7.33. The van der Waals surface area contributed by atoms with Crippen molar-refractivity contribution in [2.75, 3.05) is 0 Å². The molecule has 8 rings (SSSR count). The maximum Gasteiger partial charge on any atom is 0.269 e. The molecule has 1 fully saturated rings. The smallest absolute Gasteiger partial charge is 0.269 e. The highest BCUT2D eigenvalue weighted by Crippen LogP contribution is 2.60. The highest BCUT2D eigenvalue weighted by molar-refractivity contribution is 7.44. The lowest BCUT2D eigenvalue weighted by atomic mass is 9.67. The number of thiazole rings is 2. The van der Waals surface area contributed by atoms with Crippen molar-refractivity contribution in [2.24, 2.45) is 0 Å². The lowest BCUT2D eigenvalue weighted by Crippen LogP contribution is -2.33. The van der Waals surface area contributed by atoms with E-state index in [1.54, 1.807) is 22.7 Å². The number of aromatic nitrogens is 2. The van der Waals surface area contributed by atoms with E-state index in [2.05, 4.69) is 12.1 Å². The van der Waals surface area contributed by atoms with Gasteiger partial charge in [0, 0.05) is 33.0 Å². The van der Waals surface area contributed by atoms with Gasteiger partial charge in [-0.3, -0.25) is 18.7 Å². The Bertz CT molecular complexity index is 3010. The molecule has 6 aromatic rings. The average molecular weight is 765 g/mol. The van der Waals surface area contributed by atoms with Crippen molar-refractivity contribution in [1.29, 1.82) is 21.0 Å². The number of hydrogen-bond donors (Lipinski definition) is 0. The molecule has 0 amide bonds. The van der Waals surface area contributed by atoms with E-state index in [1.807, 2.05) is 72.9 Å². The molecule has 8 nitrogen and oxygen atoms in total. The largest absolute Gasteiger partial charge is 0.298 e. The molecule has 6 aromatic heterocycles. The summed E-state index contributed by atoms with van der Waals surface area (Å²) in [6.45, 7) is 4.46. The van der Waals surface area contributed by atoms with E-state index in [9.17, 15) is 30.6 Å². The van der Waals surface area contributed by atoms with E-state index >= 15 is 0 Å². The maximum absolute atomic E-state index is 13.5. The van der Waals surface area contributed by atoms with E-state index in [4.69, 9.17) is 0 Å². The van der Waals surface area contributed by atoms with Gasteiger partial charge < -0.3 is 0 Å². The maximum atomic E-state index is 13.5. The minimum absolute atomic E-state index is 0.0367. The fourth-order valence-corrected chi connectivity index (χ4v) is 15.6. The molecular formula is C36H24N6O2S6. The molecule has 246 valence electrons. The Labute approximate surface area is 308 Å². The van der Waals surface area contributed by atoms with Gasteiger partial charge >= 0.3 is 0 Å². The van der Waals surface area contributed by atoms with Crippen LogP contribution in [0.5, 0.6) is 0 Å². The standard InChI is InChI=1S/C36H24N6O2S6/c1-3-41-32(43)24(48-34(41)18(14-37)15-38)11-20-10-22-26(36(20)8-6-5-7-9-36)28-30(46-22)31-29(50-28)27-23(47-31)12-21(45-27)13-25-33(44)42(4-2)35(49-25)19(16-39)17-40/h10-13H,3-9H2,1-2H3/b24-11-,25-13-. The molecule has 0 N–H and O–H groups in total. The van der Waals surface area contributed by atoms with Crippen LogP contribution in [0.2, 0.25) is 0 Å². The molecule has 0 atom stereocenters. The summed E-state index contributed by atoms with van der Waals surface area (Å²) in [5.74, 6) is 0. The Morgan fingerprint density at radius 1 is 0.720 bits per heavy atom. The van der Waals surface area contributed by atoms with Gasteiger partial charge in [-0.15, -0.1) is 68.0 Å². The second-order valence-corrected chi connectivity index (χ2v) is 18.3. The van der Waals surface area contributed by atoms with Gasteiger partial charge in [-0.05, 0) is 62.1 Å². The third kappa shape index (κ3) is 4.72. The van der Waals surface area contributed by atoms with Gasteiger partial charge in [0.05, 0.1) is 32.6 Å². The first kappa shape index (κ1) is 32.8. The molecule has 1 spiro atoms. The summed E-state index contributed by atoms with van der Waals surface area (Å²) in [6.07, 6.45) is 11.6. The highest BCUT2D eigenvalue weighted by atomic mass is 32.1. The van der Waals surface area contributed by atoms with Gasteiger partial charge in [0.25, 0.3) is 11.1 Å². The Morgan fingerprint density at radius 3 is 1.86 bits per heavy atom. The van der Waals surface area contributed by atoms with Gasteiger partial charge in [0.1, 0.15) is 33.6 Å². The number of thiophene rings is 4. The van der Waals surface area contributed by atoms with Crippen molar-refractivity contribution in [3.63, 3.8) is 0 Å². The SMILES string of the molecule is CCn1c(=C(C#N)C#N)s/c(=C\C2=Cc3sc4c(sc5c6sc(/C=c7\sc(=C(C#N)C#N)n(CC)c7=O)cc6sc45)c3C23CCCCC3)c1=O. The summed E-state index contributed by atoms with van der Waals surface area (Å²) in [4.78, 5) is 28.9. The predicted octanol–water partition coefficient (Wildman–Crippen LogP) is 6.18. The van der Waals surface area contributed by atoms with Crippen LogP contribution >= 0.6 is 68.0 Å². The first-order valence-electron chi connectivity index (χ1n) is 16.0. The van der Waals surface area contributed by atoms with Crippen LogP contribution in [0.1, 0.15) is 61.3 Å². The molecule has 2 aliphatic carbocycles. The number of fused-ring (bicyclic) bond motifs is 8. The molecular weight excluding hydrogens is 741 g/mol.